The predicted octanol–water partition coefficient (Wildman–Crippen LogP) is 15.3. The molecule has 0 aliphatic heterocycles. The average molecular weight is 865 g/mol. The number of rotatable bonds is 7. The summed E-state index contributed by atoms with van der Waals surface area (Å²) >= 11 is 0. The Morgan fingerprint density at radius 3 is 1.18 bits per heavy atom. The third-order valence-corrected chi connectivity index (χ3v) is 13.3. The van der Waals surface area contributed by atoms with Crippen LogP contribution in [-0.2, 0) is 0 Å². The first-order valence-electron chi connectivity index (χ1n) is 22.6. The van der Waals surface area contributed by atoms with E-state index >= 15 is 0 Å². The van der Waals surface area contributed by atoms with Crippen LogP contribution in [0.15, 0.2) is 219 Å². The first-order chi connectivity index (χ1) is 33.7. The molecule has 314 valence electrons. The molecule has 0 saturated heterocycles. The van der Waals surface area contributed by atoms with Crippen LogP contribution in [0.3, 0.4) is 0 Å². The van der Waals surface area contributed by atoms with E-state index in [1.54, 1.807) is 0 Å². The maximum Gasteiger partial charge on any atom is 0.165 e. The van der Waals surface area contributed by atoms with E-state index in [-0.39, 0.29) is 0 Å². The van der Waals surface area contributed by atoms with E-state index in [9.17, 15) is 5.26 Å². The molecule has 1 aliphatic carbocycles. The Morgan fingerprint density at radius 2 is 0.691 bits per heavy atom. The molecule has 0 amide bonds. The Morgan fingerprint density at radius 1 is 0.294 bits per heavy atom. The molecule has 0 atom stereocenters. The van der Waals surface area contributed by atoms with Crippen LogP contribution in [0.4, 0.5) is 0 Å². The lowest BCUT2D eigenvalue weighted by Crippen LogP contribution is -2.02. The van der Waals surface area contributed by atoms with Gasteiger partial charge in [-0.2, -0.15) is 5.26 Å². The first-order valence-corrected chi connectivity index (χ1v) is 22.6. The van der Waals surface area contributed by atoms with Crippen molar-refractivity contribution < 1.29 is 0 Å². The minimum atomic E-state index is 0.572. The Hall–Kier alpha value is -9.44. The van der Waals surface area contributed by atoms with Gasteiger partial charge in [-0.15, -0.1) is 0 Å². The summed E-state index contributed by atoms with van der Waals surface area (Å²) in [5.74, 6) is 1.73. The van der Waals surface area contributed by atoms with Gasteiger partial charge in [0.25, 0.3) is 0 Å². The number of hydrogen-bond donors (Lipinski definition) is 0. The van der Waals surface area contributed by atoms with E-state index in [1.165, 1.54) is 33.0 Å². The molecule has 13 rings (SSSR count). The molecule has 0 spiro atoms. The summed E-state index contributed by atoms with van der Waals surface area (Å²) in [6, 6.07) is 73.9. The number of aromatic nitrogens is 5. The van der Waals surface area contributed by atoms with Gasteiger partial charge in [-0.1, -0.05) is 170 Å². The minimum absolute atomic E-state index is 0.572. The number of nitrogens with zero attached hydrogens (tertiary/aromatic N) is 6. The standard InChI is InChI=1S/C62H36N6/c63-37-38-19-21-39(22-20-38)44-31-32-51-45-11-1-2-12-46(45)52-33-34-53(57(44)58(51)52)56-47-13-3-5-15-49(47)59(50-16-6-4-14-48(50)56)62-67-60(42-27-23-40(24-28-42)54-17-7-9-35-64-54)66-61(68-62)43-29-25-41(26-30-43)55-18-8-10-36-65-55/h1-36H. The second-order valence-electron chi connectivity index (χ2n) is 17.0. The van der Waals surface area contributed by atoms with Gasteiger partial charge in [0, 0.05) is 40.2 Å². The zero-order valence-electron chi connectivity index (χ0n) is 36.5. The molecule has 9 aromatic carbocycles. The predicted molar refractivity (Wildman–Crippen MR) is 275 cm³/mol. The molecule has 0 radical (unpaired) electrons. The van der Waals surface area contributed by atoms with Gasteiger partial charge < -0.3 is 0 Å². The van der Waals surface area contributed by atoms with Gasteiger partial charge in [0.2, 0.25) is 0 Å². The maximum atomic E-state index is 9.73. The average Bonchev–Trinajstić information content (AvgIpc) is 3.75. The lowest BCUT2D eigenvalue weighted by molar-refractivity contribution is 1.08. The van der Waals surface area contributed by atoms with Crippen LogP contribution in [0.1, 0.15) is 5.56 Å². The highest BCUT2D eigenvalue weighted by Crippen LogP contribution is 2.54. The van der Waals surface area contributed by atoms with Gasteiger partial charge >= 0.3 is 0 Å². The zero-order chi connectivity index (χ0) is 45.1. The highest BCUT2D eigenvalue weighted by atomic mass is 15.0. The molecule has 12 aromatic rings. The first kappa shape index (κ1) is 39.0. The van der Waals surface area contributed by atoms with E-state index < -0.39 is 0 Å². The van der Waals surface area contributed by atoms with Crippen molar-refractivity contribution in [2.24, 2.45) is 0 Å². The van der Waals surface area contributed by atoms with Gasteiger partial charge in [-0.3, -0.25) is 9.97 Å². The minimum Gasteiger partial charge on any atom is -0.256 e. The summed E-state index contributed by atoms with van der Waals surface area (Å²) in [6.07, 6.45) is 3.62. The number of fused-ring (bicyclic) bond motifs is 5. The number of pyridine rings is 2. The quantitative estimate of drug-likeness (QED) is 0.148. The van der Waals surface area contributed by atoms with Crippen LogP contribution in [-0.4, -0.2) is 24.9 Å². The largest absolute Gasteiger partial charge is 0.256 e. The highest BCUT2D eigenvalue weighted by molar-refractivity contribution is 6.28. The van der Waals surface area contributed by atoms with E-state index in [0.29, 0.717) is 23.0 Å². The summed E-state index contributed by atoms with van der Waals surface area (Å²) in [7, 11) is 0. The smallest absolute Gasteiger partial charge is 0.165 e. The summed E-state index contributed by atoms with van der Waals surface area (Å²) in [6.45, 7) is 0. The summed E-state index contributed by atoms with van der Waals surface area (Å²) in [5, 5.41) is 16.4. The van der Waals surface area contributed by atoms with E-state index in [2.05, 4.69) is 174 Å². The maximum absolute atomic E-state index is 9.73. The molecular formula is C62H36N6. The summed E-state index contributed by atoms with van der Waals surface area (Å²) < 4.78 is 0. The van der Waals surface area contributed by atoms with Gasteiger partial charge in [-0.05, 0) is 113 Å². The van der Waals surface area contributed by atoms with Crippen LogP contribution in [0.2, 0.25) is 0 Å². The van der Waals surface area contributed by atoms with E-state index in [4.69, 9.17) is 15.0 Å². The molecule has 3 aromatic heterocycles. The lowest BCUT2D eigenvalue weighted by Gasteiger charge is -2.20. The van der Waals surface area contributed by atoms with E-state index in [1.807, 2.05) is 60.9 Å². The topological polar surface area (TPSA) is 88.2 Å². The van der Waals surface area contributed by atoms with Gasteiger partial charge in [0.1, 0.15) is 0 Å². The molecule has 0 saturated carbocycles. The zero-order valence-corrected chi connectivity index (χ0v) is 36.5. The molecular weight excluding hydrogens is 829 g/mol. The molecule has 0 fully saturated rings. The summed E-state index contributed by atoms with van der Waals surface area (Å²) in [4.78, 5) is 25.1. The molecule has 68 heavy (non-hydrogen) atoms. The number of benzene rings is 9. The van der Waals surface area contributed by atoms with Crippen molar-refractivity contribution in [3.05, 3.63) is 224 Å². The van der Waals surface area contributed by atoms with Crippen LogP contribution in [0.5, 0.6) is 0 Å². The fourth-order valence-electron chi connectivity index (χ4n) is 10.1. The Balaban J connectivity index is 1.06. The van der Waals surface area contributed by atoms with Crippen molar-refractivity contribution >= 4 is 32.3 Å². The second-order valence-corrected chi connectivity index (χ2v) is 17.0. The van der Waals surface area contributed by atoms with Gasteiger partial charge in [0.15, 0.2) is 17.5 Å². The second kappa shape index (κ2) is 15.9. The Bertz CT molecular complexity index is 3800. The van der Waals surface area contributed by atoms with Crippen molar-refractivity contribution in [2.75, 3.05) is 0 Å². The van der Waals surface area contributed by atoms with Crippen LogP contribution in [0, 0.1) is 11.3 Å². The third kappa shape index (κ3) is 6.37. The molecule has 3 heterocycles. The molecule has 6 heteroatoms. The molecule has 0 unspecified atom stereocenters. The van der Waals surface area contributed by atoms with Crippen molar-refractivity contribution in [2.45, 2.75) is 0 Å². The van der Waals surface area contributed by atoms with Gasteiger partial charge in [-0.25, -0.2) is 15.0 Å². The van der Waals surface area contributed by atoms with Crippen LogP contribution < -0.4 is 0 Å². The van der Waals surface area contributed by atoms with Crippen molar-refractivity contribution in [3.8, 4) is 107 Å². The van der Waals surface area contributed by atoms with Crippen molar-refractivity contribution in [1.29, 1.82) is 5.26 Å². The normalized spacial score (nSPS) is 11.5. The molecule has 0 bridgehead atoms. The molecule has 0 N–H and O–H groups in total. The molecule has 6 nitrogen and oxygen atoms in total. The Kier molecular flexibility index (Phi) is 9.12. The lowest BCUT2D eigenvalue weighted by atomic mass is 9.83. The van der Waals surface area contributed by atoms with Crippen molar-refractivity contribution in [3.63, 3.8) is 0 Å². The fraction of sp³-hybridized carbons (Fsp3) is 0. The van der Waals surface area contributed by atoms with Crippen molar-refractivity contribution in [1.82, 2.24) is 24.9 Å². The number of hydrogen-bond acceptors (Lipinski definition) is 6. The monoisotopic (exact) mass is 864 g/mol. The third-order valence-electron chi connectivity index (χ3n) is 13.3. The number of nitriles is 1. The van der Waals surface area contributed by atoms with Crippen LogP contribution in [0.25, 0.3) is 134 Å². The molecule has 1 aliphatic rings. The SMILES string of the molecule is N#Cc1ccc(-c2ccc3c4c(ccc(-c5c6ccccc6c(-c6nc(-c7ccc(-c8ccccn8)cc7)nc(-c7ccc(-c8ccccn8)cc7)n6)c6ccccc56)c24)-c2ccccc2-3)cc1. The highest BCUT2D eigenvalue weighted by Gasteiger charge is 2.27. The summed E-state index contributed by atoms with van der Waals surface area (Å²) in [5.41, 5.74) is 16.5. The van der Waals surface area contributed by atoms with E-state index in [0.717, 1.165) is 83.0 Å². The van der Waals surface area contributed by atoms with Crippen LogP contribution >= 0.6 is 0 Å². The fourth-order valence-corrected chi connectivity index (χ4v) is 10.1. The Labute approximate surface area is 392 Å². The van der Waals surface area contributed by atoms with Gasteiger partial charge in [0.05, 0.1) is 23.0 Å².